The second-order valence-corrected chi connectivity index (χ2v) is 2.90. The van der Waals surface area contributed by atoms with Gasteiger partial charge in [-0.15, -0.1) is 10.2 Å². The summed E-state index contributed by atoms with van der Waals surface area (Å²) in [4.78, 5) is 0.404. The van der Waals surface area contributed by atoms with Crippen molar-refractivity contribution in [3.8, 4) is 11.5 Å². The van der Waals surface area contributed by atoms with E-state index in [4.69, 9.17) is 4.42 Å². The fraction of sp³-hybridized carbons (Fsp3) is 0. The van der Waals surface area contributed by atoms with Gasteiger partial charge in [0.15, 0.2) is 0 Å². The zero-order chi connectivity index (χ0) is 8.39. The predicted octanol–water partition coefficient (Wildman–Crippen LogP) is 2.50. The van der Waals surface area contributed by atoms with E-state index in [-0.39, 0.29) is 0 Å². The number of rotatable bonds is 1. The van der Waals surface area contributed by atoms with Gasteiger partial charge >= 0.3 is 0 Å². The van der Waals surface area contributed by atoms with Gasteiger partial charge in [0.1, 0.15) is 0 Å². The highest BCUT2D eigenvalue weighted by Crippen LogP contribution is 2.18. The lowest BCUT2D eigenvalue weighted by atomic mass is 10.2. The van der Waals surface area contributed by atoms with Gasteiger partial charge in [-0.25, -0.2) is 0 Å². The average Bonchev–Trinajstić information content (AvgIpc) is 2.54. The van der Waals surface area contributed by atoms with Crippen molar-refractivity contribution in [2.75, 3.05) is 0 Å². The van der Waals surface area contributed by atoms with Crippen LogP contribution in [0.5, 0.6) is 0 Å². The summed E-state index contributed by atoms with van der Waals surface area (Å²) in [6, 6.07) is 9.62. The molecule has 1 heterocycles. The summed E-state index contributed by atoms with van der Waals surface area (Å²) < 4.78 is 5.16. The van der Waals surface area contributed by atoms with Crippen molar-refractivity contribution in [2.45, 2.75) is 0 Å². The van der Waals surface area contributed by atoms with Crippen LogP contribution in [0.3, 0.4) is 0 Å². The van der Waals surface area contributed by atoms with Gasteiger partial charge in [0, 0.05) is 21.5 Å². The first kappa shape index (κ1) is 7.49. The zero-order valence-electron chi connectivity index (χ0n) is 6.07. The number of hydrogen-bond acceptors (Lipinski definition) is 3. The molecule has 0 aliphatic carbocycles. The molecule has 1 aromatic heterocycles. The lowest BCUT2D eigenvalue weighted by Gasteiger charge is -1.90. The first-order valence-corrected chi connectivity index (χ1v) is 4.20. The number of aromatic nitrogens is 2. The summed E-state index contributed by atoms with van der Waals surface area (Å²) in [5, 5.41) is 7.52. The molecule has 1 aromatic carbocycles. The quantitative estimate of drug-likeness (QED) is 0.748. The highest BCUT2D eigenvalue weighted by Gasteiger charge is 2.03. The van der Waals surface area contributed by atoms with E-state index in [1.165, 1.54) is 0 Å². The van der Waals surface area contributed by atoms with Gasteiger partial charge < -0.3 is 4.42 Å². The van der Waals surface area contributed by atoms with E-state index in [9.17, 15) is 0 Å². The lowest BCUT2D eigenvalue weighted by Crippen LogP contribution is -1.75. The van der Waals surface area contributed by atoms with Crippen LogP contribution in [-0.2, 0) is 0 Å². The van der Waals surface area contributed by atoms with Crippen LogP contribution in [0, 0.1) is 0 Å². The Labute approximate surface area is 77.6 Å². The molecule has 0 unspecified atom stereocenters. The van der Waals surface area contributed by atoms with Crippen molar-refractivity contribution in [2.24, 2.45) is 0 Å². The normalized spacial score (nSPS) is 10.1. The van der Waals surface area contributed by atoms with Gasteiger partial charge in [-0.05, 0) is 12.1 Å². The first-order chi connectivity index (χ1) is 5.86. The third-order valence-electron chi connectivity index (χ3n) is 1.42. The van der Waals surface area contributed by atoms with Crippen LogP contribution < -0.4 is 0 Å². The Kier molecular flexibility index (Phi) is 1.91. The summed E-state index contributed by atoms with van der Waals surface area (Å²) in [5.74, 6) is 0.530. The minimum Gasteiger partial charge on any atom is -0.411 e. The highest BCUT2D eigenvalue weighted by molar-refractivity contribution is 9.10. The van der Waals surface area contributed by atoms with Crippen molar-refractivity contribution < 1.29 is 4.42 Å². The molecule has 0 N–H and O–H groups in total. The van der Waals surface area contributed by atoms with Crippen LogP contribution in [0.4, 0.5) is 0 Å². The Morgan fingerprint density at radius 1 is 1.08 bits per heavy atom. The third-order valence-corrected chi connectivity index (χ3v) is 1.74. The van der Waals surface area contributed by atoms with Crippen LogP contribution in [0.25, 0.3) is 11.5 Å². The van der Waals surface area contributed by atoms with Crippen LogP contribution in [0.2, 0.25) is 0 Å². The molecule has 0 saturated heterocycles. The number of hydrogen-bond donors (Lipinski definition) is 0. The van der Waals surface area contributed by atoms with Crippen molar-refractivity contribution in [3.63, 3.8) is 0 Å². The maximum Gasteiger partial charge on any atom is 0.285 e. The Balaban J connectivity index is 2.45. The molecule has 0 fully saturated rings. The molecule has 0 spiro atoms. The molecular formula is C8H5BrN2O. The van der Waals surface area contributed by atoms with Crippen LogP contribution >= 0.6 is 15.9 Å². The first-order valence-electron chi connectivity index (χ1n) is 3.41. The molecule has 3 nitrogen and oxygen atoms in total. The van der Waals surface area contributed by atoms with Crippen molar-refractivity contribution in [1.82, 2.24) is 10.2 Å². The number of benzene rings is 1. The highest BCUT2D eigenvalue weighted by atomic mass is 79.9. The predicted molar refractivity (Wildman–Crippen MR) is 47.4 cm³/mol. The molecule has 0 aliphatic rings. The van der Waals surface area contributed by atoms with E-state index in [0.717, 1.165) is 5.56 Å². The van der Waals surface area contributed by atoms with Gasteiger partial charge in [-0.1, -0.05) is 18.2 Å². The van der Waals surface area contributed by atoms with Crippen molar-refractivity contribution >= 4 is 15.9 Å². The fourth-order valence-corrected chi connectivity index (χ4v) is 1.14. The second kappa shape index (κ2) is 3.06. The average molecular weight is 225 g/mol. The second-order valence-electron chi connectivity index (χ2n) is 2.23. The summed E-state index contributed by atoms with van der Waals surface area (Å²) >= 11 is 3.09. The third kappa shape index (κ3) is 1.38. The molecule has 0 bridgehead atoms. The van der Waals surface area contributed by atoms with Gasteiger partial charge in [0.05, 0.1) is 0 Å². The molecular weight excluding hydrogens is 220 g/mol. The van der Waals surface area contributed by atoms with E-state index >= 15 is 0 Å². The number of halogens is 1. The van der Waals surface area contributed by atoms with Crippen LogP contribution in [0.1, 0.15) is 0 Å². The Morgan fingerprint density at radius 3 is 2.42 bits per heavy atom. The smallest absolute Gasteiger partial charge is 0.285 e. The van der Waals surface area contributed by atoms with Gasteiger partial charge in [-0.3, -0.25) is 0 Å². The zero-order valence-corrected chi connectivity index (χ0v) is 7.65. The monoisotopic (exact) mass is 224 g/mol. The summed E-state index contributed by atoms with van der Waals surface area (Å²) in [6.45, 7) is 0. The van der Waals surface area contributed by atoms with Gasteiger partial charge in [0.2, 0.25) is 5.89 Å². The molecule has 0 atom stereocenters. The SMILES string of the molecule is Brc1nnc(-c2ccccc2)o1. The largest absolute Gasteiger partial charge is 0.411 e. The van der Waals surface area contributed by atoms with Crippen LogP contribution in [0.15, 0.2) is 39.5 Å². The Hall–Kier alpha value is -1.16. The standard InChI is InChI=1S/C8H5BrN2O/c9-8-11-10-7(12-8)6-4-2-1-3-5-6/h1-5H. The van der Waals surface area contributed by atoms with E-state index in [2.05, 4.69) is 26.1 Å². The number of nitrogens with zero attached hydrogens (tertiary/aromatic N) is 2. The molecule has 60 valence electrons. The van der Waals surface area contributed by atoms with Gasteiger partial charge in [-0.2, -0.15) is 0 Å². The molecule has 12 heavy (non-hydrogen) atoms. The van der Waals surface area contributed by atoms with E-state index in [1.54, 1.807) is 0 Å². The minimum atomic E-state index is 0.404. The van der Waals surface area contributed by atoms with E-state index in [1.807, 2.05) is 30.3 Å². The Morgan fingerprint density at radius 2 is 1.83 bits per heavy atom. The molecule has 0 aliphatic heterocycles. The minimum absolute atomic E-state index is 0.404. The molecule has 2 rings (SSSR count). The topological polar surface area (TPSA) is 38.9 Å². The Bertz CT molecular complexity index is 372. The fourth-order valence-electron chi connectivity index (χ4n) is 0.903. The molecule has 0 saturated carbocycles. The maximum atomic E-state index is 5.16. The molecule has 2 aromatic rings. The van der Waals surface area contributed by atoms with E-state index < -0.39 is 0 Å². The summed E-state index contributed by atoms with van der Waals surface area (Å²) in [7, 11) is 0. The van der Waals surface area contributed by atoms with Crippen LogP contribution in [-0.4, -0.2) is 10.2 Å². The van der Waals surface area contributed by atoms with Crippen molar-refractivity contribution in [1.29, 1.82) is 0 Å². The van der Waals surface area contributed by atoms with Crippen molar-refractivity contribution in [3.05, 3.63) is 35.1 Å². The molecule has 0 radical (unpaired) electrons. The summed E-state index contributed by atoms with van der Waals surface area (Å²) in [5.41, 5.74) is 0.927. The maximum absolute atomic E-state index is 5.16. The molecule has 4 heteroatoms. The molecule has 0 amide bonds. The van der Waals surface area contributed by atoms with Gasteiger partial charge in [0.25, 0.3) is 4.80 Å². The lowest BCUT2D eigenvalue weighted by molar-refractivity contribution is 0.540. The van der Waals surface area contributed by atoms with E-state index in [0.29, 0.717) is 10.7 Å². The summed E-state index contributed by atoms with van der Waals surface area (Å²) in [6.07, 6.45) is 0.